The Kier molecular flexibility index (Phi) is 4.74. The smallest absolute Gasteiger partial charge is 0.271 e. The molecule has 4 aromatic rings. The van der Waals surface area contributed by atoms with E-state index in [4.69, 9.17) is 9.72 Å². The number of hydrogen-bond donors (Lipinski definition) is 4. The Balaban J connectivity index is 1.42. The largest absolute Gasteiger partial charge is 0.487 e. The molecule has 0 amide bonds. The summed E-state index contributed by atoms with van der Waals surface area (Å²) in [5.74, 6) is 1.49. The number of H-pyrrole nitrogens is 3. The number of aromatic amines is 3. The van der Waals surface area contributed by atoms with E-state index in [1.165, 1.54) is 18.4 Å². The Bertz CT molecular complexity index is 1250. The van der Waals surface area contributed by atoms with Crippen LogP contribution in [0.4, 0.5) is 11.5 Å². The highest BCUT2D eigenvalue weighted by Gasteiger charge is 2.17. The molecule has 5 rings (SSSR count). The van der Waals surface area contributed by atoms with Gasteiger partial charge in [-0.25, -0.2) is 0 Å². The molecule has 0 saturated heterocycles. The van der Waals surface area contributed by atoms with Gasteiger partial charge in [0.2, 0.25) is 0 Å². The Morgan fingerprint density at radius 2 is 2.00 bits per heavy atom. The molecule has 1 aromatic carbocycles. The number of nitrogens with one attached hydrogen (secondary N) is 4. The van der Waals surface area contributed by atoms with E-state index in [9.17, 15) is 4.79 Å². The van der Waals surface area contributed by atoms with Crippen LogP contribution < -0.4 is 15.6 Å². The maximum Gasteiger partial charge on any atom is 0.271 e. The lowest BCUT2D eigenvalue weighted by Crippen LogP contribution is -2.07. The number of nitrogens with zero attached hydrogens (tertiary/aromatic N) is 2. The topological polar surface area (TPSA) is 111 Å². The molecule has 30 heavy (non-hydrogen) atoms. The number of rotatable bonds is 5. The molecule has 0 bridgehead atoms. The fraction of sp³-hybridized carbons (Fsp3) is 0.318. The van der Waals surface area contributed by atoms with Crippen LogP contribution in [0.15, 0.2) is 35.1 Å². The first kappa shape index (κ1) is 18.5. The maximum absolute atomic E-state index is 11.7. The highest BCUT2D eigenvalue weighted by molar-refractivity contribution is 5.79. The third-order valence-electron chi connectivity index (χ3n) is 5.51. The van der Waals surface area contributed by atoms with Crippen molar-refractivity contribution >= 4 is 22.4 Å². The van der Waals surface area contributed by atoms with Crippen molar-refractivity contribution in [2.45, 2.75) is 45.6 Å². The lowest BCUT2D eigenvalue weighted by Gasteiger charge is -2.15. The molecule has 0 saturated carbocycles. The van der Waals surface area contributed by atoms with E-state index in [2.05, 4.69) is 31.8 Å². The molecule has 8 heteroatoms. The average molecular weight is 404 g/mol. The summed E-state index contributed by atoms with van der Waals surface area (Å²) in [5, 5.41) is 16.8. The van der Waals surface area contributed by atoms with Crippen molar-refractivity contribution in [2.24, 2.45) is 0 Å². The highest BCUT2D eigenvalue weighted by atomic mass is 16.5. The van der Waals surface area contributed by atoms with Gasteiger partial charge in [-0.05, 0) is 56.4 Å². The Morgan fingerprint density at radius 3 is 2.87 bits per heavy atom. The summed E-state index contributed by atoms with van der Waals surface area (Å²) in [6.45, 7) is 2.33. The molecular weight excluding hydrogens is 380 g/mol. The molecular formula is C22H24N6O2. The zero-order chi connectivity index (χ0) is 20.5. The van der Waals surface area contributed by atoms with Gasteiger partial charge >= 0.3 is 0 Å². The lowest BCUT2D eigenvalue weighted by atomic mass is 10.1. The maximum atomic E-state index is 11.7. The minimum absolute atomic E-state index is 0.131. The van der Waals surface area contributed by atoms with Gasteiger partial charge < -0.3 is 10.1 Å². The normalized spacial score (nSPS) is 13.8. The van der Waals surface area contributed by atoms with Crippen LogP contribution in [0.25, 0.3) is 10.9 Å². The first-order valence-corrected chi connectivity index (χ1v) is 10.3. The Hall–Kier alpha value is -3.55. The van der Waals surface area contributed by atoms with Crippen LogP contribution >= 0.6 is 0 Å². The molecule has 1 aliphatic rings. The van der Waals surface area contributed by atoms with Crippen molar-refractivity contribution in [3.63, 3.8) is 0 Å². The van der Waals surface area contributed by atoms with Gasteiger partial charge in [0.15, 0.2) is 5.82 Å². The van der Waals surface area contributed by atoms with Gasteiger partial charge in [0.05, 0.1) is 16.6 Å². The van der Waals surface area contributed by atoms with Gasteiger partial charge in [0.25, 0.3) is 5.56 Å². The monoisotopic (exact) mass is 404 g/mol. The number of anilines is 2. The van der Waals surface area contributed by atoms with Crippen molar-refractivity contribution in [1.29, 1.82) is 0 Å². The molecule has 0 radical (unpaired) electrons. The van der Waals surface area contributed by atoms with Crippen molar-refractivity contribution in [3.05, 3.63) is 63.3 Å². The number of aromatic nitrogens is 5. The van der Waals surface area contributed by atoms with E-state index >= 15 is 0 Å². The van der Waals surface area contributed by atoms with Gasteiger partial charge in [-0.2, -0.15) is 5.10 Å². The fourth-order valence-electron chi connectivity index (χ4n) is 4.01. The highest BCUT2D eigenvalue weighted by Crippen LogP contribution is 2.29. The standard InChI is InChI=1S/C22H24N6O2/c1-13-9-21(27-25-13)24-19-10-14(23-18-6-4-2-3-5-16(18)19)12-30-15-7-8-17-20(11-15)26-28-22(17)29/h7-11H,2-6,12H2,1H3,(H2,26,28,29)(H2,23,24,25,27). The summed E-state index contributed by atoms with van der Waals surface area (Å²) in [4.78, 5) is 16.6. The molecule has 4 N–H and O–H groups in total. The van der Waals surface area contributed by atoms with Gasteiger partial charge in [-0.3, -0.25) is 25.1 Å². The predicted molar refractivity (Wildman–Crippen MR) is 115 cm³/mol. The van der Waals surface area contributed by atoms with Crippen LogP contribution in [0.1, 0.15) is 41.9 Å². The summed E-state index contributed by atoms with van der Waals surface area (Å²) >= 11 is 0. The third kappa shape index (κ3) is 3.68. The molecule has 3 heterocycles. The van der Waals surface area contributed by atoms with Crippen molar-refractivity contribution in [1.82, 2.24) is 25.4 Å². The second-order valence-corrected chi connectivity index (χ2v) is 7.78. The summed E-state index contributed by atoms with van der Waals surface area (Å²) in [5.41, 5.74) is 5.96. The van der Waals surface area contributed by atoms with Crippen molar-refractivity contribution < 1.29 is 4.74 Å². The third-order valence-corrected chi connectivity index (χ3v) is 5.51. The van der Waals surface area contributed by atoms with Crippen LogP contribution in [-0.4, -0.2) is 25.4 Å². The molecule has 154 valence electrons. The van der Waals surface area contributed by atoms with E-state index in [-0.39, 0.29) is 5.56 Å². The molecule has 0 aliphatic heterocycles. The molecule has 3 aromatic heterocycles. The molecule has 0 atom stereocenters. The van der Waals surface area contributed by atoms with Crippen LogP contribution in [0.5, 0.6) is 5.75 Å². The number of ether oxygens (including phenoxy) is 1. The van der Waals surface area contributed by atoms with E-state index in [0.717, 1.165) is 53.4 Å². The van der Waals surface area contributed by atoms with Gasteiger partial charge in [-0.1, -0.05) is 6.42 Å². The second-order valence-electron chi connectivity index (χ2n) is 7.78. The van der Waals surface area contributed by atoms with E-state index in [0.29, 0.717) is 17.7 Å². The zero-order valence-electron chi connectivity index (χ0n) is 16.8. The molecule has 0 unspecified atom stereocenters. The number of hydrogen-bond acceptors (Lipinski definition) is 5. The Labute approximate surface area is 173 Å². The summed E-state index contributed by atoms with van der Waals surface area (Å²) in [6, 6.07) is 9.44. The molecule has 0 spiro atoms. The summed E-state index contributed by atoms with van der Waals surface area (Å²) < 4.78 is 5.99. The Morgan fingerprint density at radius 1 is 1.10 bits per heavy atom. The van der Waals surface area contributed by atoms with Crippen molar-refractivity contribution in [3.8, 4) is 5.75 Å². The van der Waals surface area contributed by atoms with E-state index in [1.54, 1.807) is 12.1 Å². The number of aryl methyl sites for hydroxylation is 2. The quantitative estimate of drug-likeness (QED) is 0.377. The van der Waals surface area contributed by atoms with Gasteiger partial charge in [-0.15, -0.1) is 0 Å². The predicted octanol–water partition coefficient (Wildman–Crippen LogP) is 3.87. The SMILES string of the molecule is Cc1cc(Nc2cc(COc3ccc4c(=O)[nH][nH]c4c3)nc3c2CCCCC3)n[nH]1. The zero-order valence-corrected chi connectivity index (χ0v) is 16.8. The minimum Gasteiger partial charge on any atom is -0.487 e. The first-order valence-electron chi connectivity index (χ1n) is 10.3. The van der Waals surface area contributed by atoms with Crippen LogP contribution in [0.3, 0.4) is 0 Å². The van der Waals surface area contributed by atoms with Gasteiger partial charge in [0, 0.05) is 29.2 Å². The number of pyridine rings is 1. The summed E-state index contributed by atoms with van der Waals surface area (Å²) in [6.07, 6.45) is 5.55. The lowest BCUT2D eigenvalue weighted by molar-refractivity contribution is 0.301. The van der Waals surface area contributed by atoms with Crippen LogP contribution in [0, 0.1) is 6.92 Å². The number of benzene rings is 1. The van der Waals surface area contributed by atoms with Crippen LogP contribution in [0.2, 0.25) is 0 Å². The average Bonchev–Trinajstić information content (AvgIpc) is 3.23. The fourth-order valence-corrected chi connectivity index (χ4v) is 4.01. The molecule has 0 fully saturated rings. The summed E-state index contributed by atoms with van der Waals surface area (Å²) in [7, 11) is 0. The second kappa shape index (κ2) is 7.70. The number of fused-ring (bicyclic) bond motifs is 2. The minimum atomic E-state index is -0.131. The molecule has 8 nitrogen and oxygen atoms in total. The van der Waals surface area contributed by atoms with E-state index < -0.39 is 0 Å². The van der Waals surface area contributed by atoms with E-state index in [1.807, 2.05) is 19.1 Å². The molecule has 1 aliphatic carbocycles. The van der Waals surface area contributed by atoms with Crippen molar-refractivity contribution in [2.75, 3.05) is 5.32 Å². The first-order chi connectivity index (χ1) is 14.7. The van der Waals surface area contributed by atoms with Crippen LogP contribution in [-0.2, 0) is 19.4 Å². The van der Waals surface area contributed by atoms with Gasteiger partial charge in [0.1, 0.15) is 12.4 Å².